The summed E-state index contributed by atoms with van der Waals surface area (Å²) in [4.78, 5) is 33.6. The van der Waals surface area contributed by atoms with E-state index in [1.807, 2.05) is 26.0 Å². The fourth-order valence-corrected chi connectivity index (χ4v) is 1.83. The normalized spacial score (nSPS) is 11.8. The largest absolute Gasteiger partial charge is 0.480 e. The van der Waals surface area contributed by atoms with Crippen molar-refractivity contribution in [3.8, 4) is 0 Å². The molecular formula is C14H19N3O4. The molecule has 0 radical (unpaired) electrons. The van der Waals surface area contributed by atoms with Crippen LogP contribution in [-0.4, -0.2) is 29.1 Å². The number of hydrogen-bond acceptors (Lipinski definition) is 3. The molecule has 3 amide bonds. The van der Waals surface area contributed by atoms with Crippen LogP contribution in [0.3, 0.4) is 0 Å². The summed E-state index contributed by atoms with van der Waals surface area (Å²) < 4.78 is 0. The summed E-state index contributed by atoms with van der Waals surface area (Å²) in [5.41, 5.74) is 6.47. The lowest BCUT2D eigenvalue weighted by atomic mass is 10.0. The van der Waals surface area contributed by atoms with Crippen molar-refractivity contribution < 1.29 is 19.5 Å². The van der Waals surface area contributed by atoms with Crippen LogP contribution in [0.25, 0.3) is 0 Å². The minimum Gasteiger partial charge on any atom is -0.480 e. The number of nitrogens with two attached hydrogens (primary N) is 1. The molecule has 0 aromatic heterocycles. The SMILES string of the molecule is CC(C)c1ccccc1NC(=O)NC(CC(N)=O)C(=O)O. The van der Waals surface area contributed by atoms with Gasteiger partial charge in [-0.25, -0.2) is 9.59 Å². The summed E-state index contributed by atoms with van der Waals surface area (Å²) in [6, 6.07) is 5.16. The van der Waals surface area contributed by atoms with Crippen LogP contribution in [0.2, 0.25) is 0 Å². The third-order valence-corrected chi connectivity index (χ3v) is 2.84. The number of carboxylic acids is 1. The van der Waals surface area contributed by atoms with Crippen LogP contribution >= 0.6 is 0 Å². The number of aliphatic carboxylic acids is 1. The average molecular weight is 293 g/mol. The lowest BCUT2D eigenvalue weighted by Gasteiger charge is -2.16. The number of para-hydroxylation sites is 1. The van der Waals surface area contributed by atoms with Crippen molar-refractivity contribution in [2.75, 3.05) is 5.32 Å². The van der Waals surface area contributed by atoms with E-state index in [9.17, 15) is 14.4 Å². The van der Waals surface area contributed by atoms with E-state index in [1.165, 1.54) is 0 Å². The van der Waals surface area contributed by atoms with Gasteiger partial charge in [0, 0.05) is 5.69 Å². The Morgan fingerprint density at radius 1 is 1.24 bits per heavy atom. The molecule has 1 rings (SSSR count). The Morgan fingerprint density at radius 2 is 1.86 bits per heavy atom. The first-order valence-electron chi connectivity index (χ1n) is 6.48. The van der Waals surface area contributed by atoms with Crippen LogP contribution in [-0.2, 0) is 9.59 Å². The molecule has 1 unspecified atom stereocenters. The van der Waals surface area contributed by atoms with Crippen LogP contribution in [0.5, 0.6) is 0 Å². The summed E-state index contributed by atoms with van der Waals surface area (Å²) in [6.07, 6.45) is -0.464. The van der Waals surface area contributed by atoms with Crippen LogP contribution in [0, 0.1) is 0 Å². The Hall–Kier alpha value is -2.57. The molecule has 0 saturated carbocycles. The van der Waals surface area contributed by atoms with Crippen molar-refractivity contribution in [3.63, 3.8) is 0 Å². The molecule has 21 heavy (non-hydrogen) atoms. The number of carbonyl (C=O) groups is 3. The number of nitrogens with one attached hydrogen (secondary N) is 2. The summed E-state index contributed by atoms with van der Waals surface area (Å²) in [5.74, 6) is -1.92. The minimum atomic E-state index is -1.35. The fourth-order valence-electron chi connectivity index (χ4n) is 1.83. The number of hydrogen-bond donors (Lipinski definition) is 4. The summed E-state index contributed by atoms with van der Waals surface area (Å²) in [7, 11) is 0. The van der Waals surface area contributed by atoms with Gasteiger partial charge in [0.1, 0.15) is 6.04 Å². The minimum absolute atomic E-state index is 0.197. The standard InChI is InChI=1S/C14H19N3O4/c1-8(2)9-5-3-4-6-10(9)16-14(21)17-11(13(19)20)7-12(15)18/h3-6,8,11H,7H2,1-2H3,(H2,15,18)(H,19,20)(H2,16,17,21). The van der Waals surface area contributed by atoms with E-state index in [2.05, 4.69) is 10.6 Å². The molecule has 0 aliphatic carbocycles. The molecule has 5 N–H and O–H groups in total. The Labute approximate surface area is 122 Å². The van der Waals surface area contributed by atoms with Gasteiger partial charge in [-0.05, 0) is 17.5 Å². The Bertz CT molecular complexity index is 543. The molecule has 7 heteroatoms. The number of amides is 3. The van der Waals surface area contributed by atoms with Crippen molar-refractivity contribution >= 4 is 23.6 Å². The molecule has 0 heterocycles. The Balaban J connectivity index is 2.77. The third kappa shape index (κ3) is 5.13. The van der Waals surface area contributed by atoms with Crippen molar-refractivity contribution in [2.45, 2.75) is 32.2 Å². The predicted molar refractivity (Wildman–Crippen MR) is 77.9 cm³/mol. The van der Waals surface area contributed by atoms with Gasteiger partial charge in [-0.2, -0.15) is 0 Å². The molecule has 0 fully saturated rings. The second-order valence-corrected chi connectivity index (χ2v) is 4.90. The van der Waals surface area contributed by atoms with Gasteiger partial charge in [0.15, 0.2) is 0 Å². The summed E-state index contributed by atoms with van der Waals surface area (Å²) >= 11 is 0. The number of anilines is 1. The third-order valence-electron chi connectivity index (χ3n) is 2.84. The second kappa shape index (κ2) is 7.28. The number of carboxylic acid groups (broad SMARTS) is 1. The molecular weight excluding hydrogens is 274 g/mol. The molecule has 0 aliphatic heterocycles. The first kappa shape index (κ1) is 16.5. The van der Waals surface area contributed by atoms with Gasteiger partial charge < -0.3 is 21.5 Å². The molecule has 0 bridgehead atoms. The van der Waals surface area contributed by atoms with Crippen molar-refractivity contribution in [3.05, 3.63) is 29.8 Å². The number of primary amides is 1. The number of benzene rings is 1. The summed E-state index contributed by atoms with van der Waals surface area (Å²) in [6.45, 7) is 3.96. The van der Waals surface area contributed by atoms with E-state index in [0.29, 0.717) is 5.69 Å². The lowest BCUT2D eigenvalue weighted by molar-refractivity contribution is -0.140. The number of carbonyl (C=O) groups excluding carboxylic acids is 2. The maximum absolute atomic E-state index is 11.8. The molecule has 0 spiro atoms. The number of rotatable bonds is 6. The van der Waals surface area contributed by atoms with Crippen LogP contribution in [0.15, 0.2) is 24.3 Å². The maximum Gasteiger partial charge on any atom is 0.326 e. The fraction of sp³-hybridized carbons (Fsp3) is 0.357. The van der Waals surface area contributed by atoms with Gasteiger partial charge >= 0.3 is 12.0 Å². The highest BCUT2D eigenvalue weighted by atomic mass is 16.4. The maximum atomic E-state index is 11.8. The zero-order chi connectivity index (χ0) is 16.0. The first-order chi connectivity index (χ1) is 9.81. The van der Waals surface area contributed by atoms with E-state index in [4.69, 9.17) is 10.8 Å². The topological polar surface area (TPSA) is 122 Å². The van der Waals surface area contributed by atoms with Crippen molar-refractivity contribution in [2.24, 2.45) is 5.73 Å². The predicted octanol–water partition coefficient (Wildman–Crippen LogP) is 1.26. The van der Waals surface area contributed by atoms with Gasteiger partial charge in [0.05, 0.1) is 6.42 Å². The average Bonchev–Trinajstić information content (AvgIpc) is 2.37. The van der Waals surface area contributed by atoms with Gasteiger partial charge in [-0.1, -0.05) is 32.0 Å². The van der Waals surface area contributed by atoms with Gasteiger partial charge in [0.2, 0.25) is 5.91 Å². The lowest BCUT2D eigenvalue weighted by Crippen LogP contribution is -2.45. The highest BCUT2D eigenvalue weighted by Crippen LogP contribution is 2.23. The van der Waals surface area contributed by atoms with E-state index in [0.717, 1.165) is 5.56 Å². The van der Waals surface area contributed by atoms with Gasteiger partial charge in [-0.15, -0.1) is 0 Å². The van der Waals surface area contributed by atoms with E-state index < -0.39 is 30.4 Å². The smallest absolute Gasteiger partial charge is 0.326 e. The van der Waals surface area contributed by atoms with Crippen molar-refractivity contribution in [1.82, 2.24) is 5.32 Å². The monoisotopic (exact) mass is 293 g/mol. The summed E-state index contributed by atoms with van der Waals surface area (Å²) in [5, 5.41) is 13.7. The molecule has 1 aromatic rings. The zero-order valence-electron chi connectivity index (χ0n) is 11.9. The second-order valence-electron chi connectivity index (χ2n) is 4.90. The zero-order valence-corrected chi connectivity index (χ0v) is 11.9. The van der Waals surface area contributed by atoms with E-state index in [-0.39, 0.29) is 5.92 Å². The van der Waals surface area contributed by atoms with E-state index >= 15 is 0 Å². The Morgan fingerprint density at radius 3 is 2.38 bits per heavy atom. The van der Waals surface area contributed by atoms with Crippen LogP contribution in [0.4, 0.5) is 10.5 Å². The quantitative estimate of drug-likeness (QED) is 0.630. The first-order valence-corrected chi connectivity index (χ1v) is 6.48. The molecule has 0 aliphatic rings. The van der Waals surface area contributed by atoms with Crippen LogP contribution in [0.1, 0.15) is 31.7 Å². The number of urea groups is 1. The molecule has 1 atom stereocenters. The highest BCUT2D eigenvalue weighted by Gasteiger charge is 2.22. The van der Waals surface area contributed by atoms with Crippen molar-refractivity contribution in [1.29, 1.82) is 0 Å². The molecule has 114 valence electrons. The molecule has 7 nitrogen and oxygen atoms in total. The van der Waals surface area contributed by atoms with Gasteiger partial charge in [0.25, 0.3) is 0 Å². The van der Waals surface area contributed by atoms with Crippen LogP contribution < -0.4 is 16.4 Å². The van der Waals surface area contributed by atoms with Gasteiger partial charge in [-0.3, -0.25) is 4.79 Å². The Kier molecular flexibility index (Phi) is 5.71. The highest BCUT2D eigenvalue weighted by molar-refractivity contribution is 5.94. The molecule has 1 aromatic carbocycles. The molecule has 0 saturated heterocycles. The van der Waals surface area contributed by atoms with E-state index in [1.54, 1.807) is 12.1 Å².